The van der Waals surface area contributed by atoms with Crippen LogP contribution in [0.3, 0.4) is 0 Å². The van der Waals surface area contributed by atoms with Crippen LogP contribution in [0.4, 0.5) is 0 Å². The lowest BCUT2D eigenvalue weighted by Gasteiger charge is -2.26. The summed E-state index contributed by atoms with van der Waals surface area (Å²) in [6, 6.07) is 21.2. The molecule has 2 atom stereocenters. The summed E-state index contributed by atoms with van der Waals surface area (Å²) in [5.41, 5.74) is 3.08. The van der Waals surface area contributed by atoms with Gasteiger partial charge in [0, 0.05) is 18.6 Å². The quantitative estimate of drug-likeness (QED) is 0.752. The van der Waals surface area contributed by atoms with Crippen molar-refractivity contribution in [1.29, 1.82) is 0 Å². The molecule has 18 heavy (non-hydrogen) atoms. The molecule has 0 aliphatic rings. The van der Waals surface area contributed by atoms with Gasteiger partial charge < -0.3 is 0 Å². The van der Waals surface area contributed by atoms with Gasteiger partial charge >= 0.3 is 0 Å². The molecule has 94 valence electrons. The second-order valence-electron chi connectivity index (χ2n) is 4.37. The zero-order chi connectivity index (χ0) is 12.8. The van der Waals surface area contributed by atoms with Crippen LogP contribution in [-0.4, -0.2) is 10.4 Å². The Morgan fingerprint density at radius 2 is 1.11 bits per heavy atom. The third-order valence-corrected chi connectivity index (χ3v) is 3.72. The molecule has 0 aliphatic heterocycles. The van der Waals surface area contributed by atoms with E-state index in [4.69, 9.17) is 0 Å². The van der Waals surface area contributed by atoms with E-state index in [2.05, 4.69) is 84.0 Å². The van der Waals surface area contributed by atoms with Crippen LogP contribution in [-0.2, 0) is 13.1 Å². The van der Waals surface area contributed by atoms with Gasteiger partial charge in [-0.2, -0.15) is 0 Å². The highest BCUT2D eigenvalue weighted by Crippen LogP contribution is 2.21. The van der Waals surface area contributed by atoms with Gasteiger partial charge in [0.05, 0.1) is 0 Å². The van der Waals surface area contributed by atoms with Crippen molar-refractivity contribution in [2.24, 2.45) is 0 Å². The van der Waals surface area contributed by atoms with Crippen molar-refractivity contribution in [2.45, 2.75) is 18.6 Å². The molecule has 0 saturated carbocycles. The Labute approximate surface area is 114 Å². The SMILES string of the molecule is PC(P)N(Cc1ccccc1)Cc1ccccc1. The average Bonchev–Trinajstić information content (AvgIpc) is 2.40. The van der Waals surface area contributed by atoms with E-state index in [1.165, 1.54) is 11.1 Å². The Hall–Kier alpha value is -0.740. The van der Waals surface area contributed by atoms with Crippen molar-refractivity contribution >= 4 is 18.5 Å². The third-order valence-electron chi connectivity index (χ3n) is 2.88. The zero-order valence-electron chi connectivity index (χ0n) is 10.4. The molecule has 0 saturated heterocycles. The van der Waals surface area contributed by atoms with Gasteiger partial charge in [-0.15, -0.1) is 18.5 Å². The van der Waals surface area contributed by atoms with Gasteiger partial charge in [-0.3, -0.25) is 4.90 Å². The first-order valence-electron chi connectivity index (χ1n) is 6.09. The van der Waals surface area contributed by atoms with Gasteiger partial charge in [0.25, 0.3) is 0 Å². The highest BCUT2D eigenvalue weighted by molar-refractivity contribution is 7.37. The first-order valence-corrected chi connectivity index (χ1v) is 7.42. The van der Waals surface area contributed by atoms with Crippen LogP contribution in [0.1, 0.15) is 11.1 Å². The highest BCUT2D eigenvalue weighted by Gasteiger charge is 2.10. The van der Waals surface area contributed by atoms with E-state index in [-0.39, 0.29) is 0 Å². The maximum Gasteiger partial charge on any atom is 0.0385 e. The van der Waals surface area contributed by atoms with Crippen LogP contribution in [0.5, 0.6) is 0 Å². The Balaban J connectivity index is 2.05. The van der Waals surface area contributed by atoms with E-state index in [9.17, 15) is 0 Å². The number of hydrogen-bond acceptors (Lipinski definition) is 1. The molecule has 3 heteroatoms. The van der Waals surface area contributed by atoms with Crippen molar-refractivity contribution in [3.63, 3.8) is 0 Å². The molecule has 0 bridgehead atoms. The van der Waals surface area contributed by atoms with Crippen molar-refractivity contribution in [1.82, 2.24) is 4.90 Å². The fourth-order valence-electron chi connectivity index (χ4n) is 1.90. The maximum atomic E-state index is 2.85. The molecular formula is C15H19NP2. The molecule has 2 aromatic carbocycles. The number of nitrogens with zero attached hydrogens (tertiary/aromatic N) is 1. The second-order valence-corrected chi connectivity index (χ2v) is 6.50. The minimum Gasteiger partial charge on any atom is -0.285 e. The summed E-state index contributed by atoms with van der Waals surface area (Å²) >= 11 is 0. The summed E-state index contributed by atoms with van der Waals surface area (Å²) in [7, 11) is 5.71. The zero-order valence-corrected chi connectivity index (χ0v) is 12.7. The Kier molecular flexibility index (Phi) is 5.32. The summed E-state index contributed by atoms with van der Waals surface area (Å²) in [5, 5.41) is 0. The molecular weight excluding hydrogens is 256 g/mol. The molecule has 0 fully saturated rings. The molecule has 1 nitrogen and oxygen atoms in total. The molecule has 0 N–H and O–H groups in total. The van der Waals surface area contributed by atoms with Crippen molar-refractivity contribution in [3.8, 4) is 0 Å². The minimum absolute atomic E-state index is 0.380. The van der Waals surface area contributed by atoms with Crippen LogP contribution in [0, 0.1) is 0 Å². The van der Waals surface area contributed by atoms with Crippen molar-refractivity contribution in [3.05, 3.63) is 71.8 Å². The predicted molar refractivity (Wildman–Crippen MR) is 85.3 cm³/mol. The van der Waals surface area contributed by atoms with Gasteiger partial charge in [0.15, 0.2) is 0 Å². The Morgan fingerprint density at radius 3 is 1.44 bits per heavy atom. The number of benzene rings is 2. The Bertz CT molecular complexity index is 415. The van der Waals surface area contributed by atoms with Gasteiger partial charge in [-0.1, -0.05) is 60.7 Å². The topological polar surface area (TPSA) is 3.24 Å². The normalized spacial score (nSPS) is 11.1. The van der Waals surface area contributed by atoms with Gasteiger partial charge in [-0.25, -0.2) is 0 Å². The van der Waals surface area contributed by atoms with Gasteiger partial charge in [-0.05, 0) is 11.1 Å². The lowest BCUT2D eigenvalue weighted by atomic mass is 10.2. The molecule has 0 aliphatic carbocycles. The van der Waals surface area contributed by atoms with Crippen LogP contribution in [0.25, 0.3) is 0 Å². The van der Waals surface area contributed by atoms with Gasteiger partial charge in [0.2, 0.25) is 0 Å². The standard InChI is InChI=1S/C15H19NP2/c17-15(18)16(11-13-7-3-1-4-8-13)12-14-9-5-2-6-10-14/h1-10,15H,11-12,17-18H2. The predicted octanol–water partition coefficient (Wildman–Crippen LogP) is 3.72. The largest absolute Gasteiger partial charge is 0.285 e. The number of hydrogen-bond donors (Lipinski definition) is 0. The molecule has 0 amide bonds. The van der Waals surface area contributed by atoms with Crippen molar-refractivity contribution in [2.75, 3.05) is 0 Å². The molecule has 2 aromatic rings. The summed E-state index contributed by atoms with van der Waals surface area (Å²) in [6.07, 6.45) is 0. The van der Waals surface area contributed by atoms with Gasteiger partial charge in [0.1, 0.15) is 0 Å². The Morgan fingerprint density at radius 1 is 0.722 bits per heavy atom. The minimum atomic E-state index is 0.380. The van der Waals surface area contributed by atoms with Crippen LogP contribution >= 0.6 is 18.5 Å². The first kappa shape index (κ1) is 13.7. The van der Waals surface area contributed by atoms with E-state index in [0.29, 0.717) is 5.52 Å². The van der Waals surface area contributed by atoms with Crippen LogP contribution in [0.15, 0.2) is 60.7 Å². The molecule has 0 aromatic heterocycles. The molecule has 0 spiro atoms. The lowest BCUT2D eigenvalue weighted by molar-refractivity contribution is 0.286. The smallest absolute Gasteiger partial charge is 0.0385 e. The summed E-state index contributed by atoms with van der Waals surface area (Å²) < 4.78 is 0. The summed E-state index contributed by atoms with van der Waals surface area (Å²) in [6.45, 7) is 1.93. The average molecular weight is 275 g/mol. The molecule has 0 radical (unpaired) electrons. The second kappa shape index (κ2) is 7.00. The maximum absolute atomic E-state index is 2.85. The summed E-state index contributed by atoms with van der Waals surface area (Å²) in [5.74, 6) is 0. The summed E-state index contributed by atoms with van der Waals surface area (Å²) in [4.78, 5) is 2.42. The van der Waals surface area contributed by atoms with E-state index in [1.54, 1.807) is 0 Å². The third kappa shape index (κ3) is 4.18. The van der Waals surface area contributed by atoms with Crippen LogP contribution < -0.4 is 0 Å². The molecule has 0 heterocycles. The van der Waals surface area contributed by atoms with Crippen LogP contribution in [0.2, 0.25) is 0 Å². The fraction of sp³-hybridized carbons (Fsp3) is 0.200. The number of rotatable bonds is 5. The van der Waals surface area contributed by atoms with E-state index in [1.807, 2.05) is 0 Å². The van der Waals surface area contributed by atoms with E-state index in [0.717, 1.165) is 13.1 Å². The highest BCUT2D eigenvalue weighted by atomic mass is 31.1. The molecule has 2 unspecified atom stereocenters. The lowest BCUT2D eigenvalue weighted by Crippen LogP contribution is -2.25. The monoisotopic (exact) mass is 275 g/mol. The molecule has 2 rings (SSSR count). The fourth-order valence-corrected chi connectivity index (χ4v) is 2.32. The van der Waals surface area contributed by atoms with E-state index >= 15 is 0 Å². The van der Waals surface area contributed by atoms with Crippen molar-refractivity contribution < 1.29 is 0 Å². The van der Waals surface area contributed by atoms with E-state index < -0.39 is 0 Å². The first-order chi connectivity index (χ1) is 8.75.